The number of benzene rings is 3. The van der Waals surface area contributed by atoms with E-state index in [1.807, 2.05) is 0 Å². The largest absolute Gasteiger partial charge is 0.497 e. The lowest BCUT2D eigenvalue weighted by atomic mass is 9.80. The number of carbonyl (C=O) groups is 3. The average Bonchev–Trinajstić information content (AvgIpc) is 3.24. The van der Waals surface area contributed by atoms with E-state index in [0.717, 1.165) is 0 Å². The van der Waals surface area contributed by atoms with E-state index in [1.165, 1.54) is 24.1 Å². The highest BCUT2D eigenvalue weighted by Gasteiger charge is 2.55. The van der Waals surface area contributed by atoms with E-state index < -0.39 is 35.9 Å². The average molecular weight is 539 g/mol. The number of amides is 2. The number of methoxy groups -OCH3 is 2. The minimum absolute atomic E-state index is 0.119. The Balaban J connectivity index is 1.76. The van der Waals surface area contributed by atoms with Crippen LogP contribution in [0.4, 0.5) is 9.18 Å². The molecule has 1 saturated heterocycles. The van der Waals surface area contributed by atoms with Crippen LogP contribution in [0.3, 0.4) is 0 Å². The molecule has 0 saturated carbocycles. The van der Waals surface area contributed by atoms with E-state index in [9.17, 15) is 18.8 Å². The first-order valence-corrected chi connectivity index (χ1v) is 12.5. The molecule has 3 aromatic carbocycles. The van der Waals surface area contributed by atoms with E-state index in [1.54, 1.807) is 74.7 Å². The molecule has 7 nitrogen and oxygen atoms in total. The topological polar surface area (TPSA) is 84.9 Å². The maximum absolute atomic E-state index is 14.0. The molecule has 0 spiro atoms. The Morgan fingerprint density at radius 2 is 1.63 bits per heavy atom. The number of carbonyl (C=O) groups excluding carboxylic acids is 3. The van der Waals surface area contributed by atoms with Gasteiger partial charge < -0.3 is 14.8 Å². The lowest BCUT2D eigenvalue weighted by Gasteiger charge is -2.30. The number of Topliss-reactive ketones (excluding diaryl/α,β-unsaturated/α-hetero) is 1. The molecule has 0 radical (unpaired) electrons. The van der Waals surface area contributed by atoms with Gasteiger partial charge in [-0.1, -0.05) is 54.9 Å². The number of halogens is 2. The lowest BCUT2D eigenvalue weighted by Crippen LogP contribution is -2.48. The third-order valence-corrected chi connectivity index (χ3v) is 7.27. The summed E-state index contributed by atoms with van der Waals surface area (Å²) in [6.45, 7) is 1.88. The fraction of sp³-hybridized carbons (Fsp3) is 0.276. The summed E-state index contributed by atoms with van der Waals surface area (Å²) in [6.07, 6.45) is -0.742. The van der Waals surface area contributed by atoms with Crippen molar-refractivity contribution in [3.8, 4) is 5.75 Å². The normalized spacial score (nSPS) is 20.6. The maximum Gasteiger partial charge on any atom is 0.410 e. The molecule has 1 aliphatic rings. The second-order valence-electron chi connectivity index (χ2n) is 9.11. The van der Waals surface area contributed by atoms with Gasteiger partial charge in [0.15, 0.2) is 5.78 Å². The van der Waals surface area contributed by atoms with Crippen molar-refractivity contribution >= 4 is 29.4 Å². The molecule has 0 aliphatic carbocycles. The molecule has 0 bridgehead atoms. The molecule has 1 N–H and O–H groups in total. The number of hydrogen-bond acceptors (Lipinski definition) is 5. The lowest BCUT2D eigenvalue weighted by molar-refractivity contribution is -0.126. The molecule has 1 aliphatic heterocycles. The summed E-state index contributed by atoms with van der Waals surface area (Å²) in [4.78, 5) is 42.1. The molecular weight excluding hydrogens is 511 g/mol. The first kappa shape index (κ1) is 27.1. The van der Waals surface area contributed by atoms with Crippen molar-refractivity contribution in [2.45, 2.75) is 25.6 Å². The van der Waals surface area contributed by atoms with Crippen LogP contribution in [0, 0.1) is 17.7 Å². The van der Waals surface area contributed by atoms with E-state index >= 15 is 0 Å². The monoisotopic (exact) mass is 538 g/mol. The van der Waals surface area contributed by atoms with E-state index in [0.29, 0.717) is 22.4 Å². The van der Waals surface area contributed by atoms with Gasteiger partial charge >= 0.3 is 6.09 Å². The highest BCUT2D eigenvalue weighted by molar-refractivity contribution is 6.34. The summed E-state index contributed by atoms with van der Waals surface area (Å²) in [5, 5.41) is 3.12. The fourth-order valence-corrected chi connectivity index (χ4v) is 5.30. The summed E-state index contributed by atoms with van der Waals surface area (Å²) in [5.41, 5.74) is 1.63. The third-order valence-electron chi connectivity index (χ3n) is 6.94. The fourth-order valence-electron chi connectivity index (χ4n) is 5.07. The standard InChI is InChI=1S/C29H28ClFN2O5/c1-17-24(27(34)22-6-4-5-7-23(22)30)26(19-10-14-21(37-2)15-11-19)33(29(36)38-3)25(17)28(35)32-16-18-8-12-20(31)13-9-18/h4-15,17,24-26H,16H2,1-3H3,(H,32,35). The number of nitrogens with zero attached hydrogens (tertiary/aromatic N) is 1. The minimum Gasteiger partial charge on any atom is -0.497 e. The molecule has 9 heteroatoms. The van der Waals surface area contributed by atoms with Crippen molar-refractivity contribution in [3.05, 3.63) is 100 Å². The molecule has 1 heterocycles. The molecule has 0 aromatic heterocycles. The van der Waals surface area contributed by atoms with Gasteiger partial charge in [-0.15, -0.1) is 0 Å². The van der Waals surface area contributed by atoms with Crippen molar-refractivity contribution < 1.29 is 28.2 Å². The Hall–Kier alpha value is -3.91. The predicted molar refractivity (Wildman–Crippen MR) is 140 cm³/mol. The first-order valence-electron chi connectivity index (χ1n) is 12.1. The molecular formula is C29H28ClFN2O5. The van der Waals surface area contributed by atoms with Gasteiger partial charge in [-0.3, -0.25) is 14.5 Å². The highest BCUT2D eigenvalue weighted by Crippen LogP contribution is 2.47. The summed E-state index contributed by atoms with van der Waals surface area (Å²) in [6, 6.07) is 17.6. The molecule has 38 heavy (non-hydrogen) atoms. The quantitative estimate of drug-likeness (QED) is 0.405. The van der Waals surface area contributed by atoms with Crippen molar-refractivity contribution in [3.63, 3.8) is 0 Å². The number of likely N-dealkylation sites (tertiary alicyclic amines) is 1. The first-order chi connectivity index (χ1) is 18.3. The van der Waals surface area contributed by atoms with Gasteiger partial charge in [0.2, 0.25) is 5.91 Å². The number of hydrogen-bond donors (Lipinski definition) is 1. The summed E-state index contributed by atoms with van der Waals surface area (Å²) in [5.74, 6) is -1.93. The van der Waals surface area contributed by atoms with Crippen LogP contribution in [0.15, 0.2) is 72.8 Å². The predicted octanol–water partition coefficient (Wildman–Crippen LogP) is 5.43. The van der Waals surface area contributed by atoms with Gasteiger partial charge in [-0.05, 0) is 53.4 Å². The van der Waals surface area contributed by atoms with E-state index in [2.05, 4.69) is 5.32 Å². The Labute approximate surface area is 225 Å². The minimum atomic E-state index is -1.02. The number of nitrogens with one attached hydrogen (secondary N) is 1. The maximum atomic E-state index is 14.0. The molecule has 198 valence electrons. The SMILES string of the molecule is COC(=O)N1C(C(=O)NCc2ccc(F)cc2)C(C)C(C(=O)c2ccccc2Cl)C1c1ccc(OC)cc1. The van der Waals surface area contributed by atoms with Crippen LogP contribution in [0.25, 0.3) is 0 Å². The van der Waals surface area contributed by atoms with Crippen molar-refractivity contribution in [2.75, 3.05) is 14.2 Å². The Morgan fingerprint density at radius 3 is 2.24 bits per heavy atom. The van der Waals surface area contributed by atoms with Crippen LogP contribution >= 0.6 is 11.6 Å². The zero-order valence-corrected chi connectivity index (χ0v) is 21.9. The second-order valence-corrected chi connectivity index (χ2v) is 9.52. The van der Waals surface area contributed by atoms with Crippen LogP contribution < -0.4 is 10.1 Å². The van der Waals surface area contributed by atoms with Crippen LogP contribution in [0.5, 0.6) is 5.75 Å². The molecule has 3 aromatic rings. The molecule has 4 rings (SSSR count). The van der Waals surface area contributed by atoms with Crippen molar-refractivity contribution in [1.82, 2.24) is 10.2 Å². The van der Waals surface area contributed by atoms with Gasteiger partial charge in [0.05, 0.1) is 31.2 Å². The van der Waals surface area contributed by atoms with Gasteiger partial charge in [0, 0.05) is 12.1 Å². The van der Waals surface area contributed by atoms with Gasteiger partial charge in [0.1, 0.15) is 17.6 Å². The molecule has 2 amide bonds. The second kappa shape index (κ2) is 11.6. The van der Waals surface area contributed by atoms with Crippen LogP contribution in [-0.4, -0.2) is 42.9 Å². The Bertz CT molecular complexity index is 1320. The number of ether oxygens (including phenoxy) is 2. The zero-order valence-electron chi connectivity index (χ0n) is 21.2. The smallest absolute Gasteiger partial charge is 0.410 e. The summed E-state index contributed by atoms with van der Waals surface area (Å²) >= 11 is 6.38. The van der Waals surface area contributed by atoms with Gasteiger partial charge in [0.25, 0.3) is 0 Å². The van der Waals surface area contributed by atoms with Crippen LogP contribution in [0.2, 0.25) is 5.02 Å². The molecule has 1 fully saturated rings. The van der Waals surface area contributed by atoms with Gasteiger partial charge in [-0.25, -0.2) is 9.18 Å². The van der Waals surface area contributed by atoms with E-state index in [-0.39, 0.29) is 23.2 Å². The number of rotatable bonds is 7. The Morgan fingerprint density at radius 1 is 0.974 bits per heavy atom. The number of ketones is 1. The Kier molecular flexibility index (Phi) is 8.32. The molecule has 4 unspecified atom stereocenters. The highest BCUT2D eigenvalue weighted by atomic mass is 35.5. The van der Waals surface area contributed by atoms with Crippen molar-refractivity contribution in [1.29, 1.82) is 0 Å². The van der Waals surface area contributed by atoms with Crippen LogP contribution in [0.1, 0.15) is 34.5 Å². The zero-order chi connectivity index (χ0) is 27.4. The van der Waals surface area contributed by atoms with E-state index in [4.69, 9.17) is 21.1 Å². The van der Waals surface area contributed by atoms with Crippen LogP contribution in [-0.2, 0) is 16.1 Å². The molecule has 4 atom stereocenters. The third kappa shape index (κ3) is 5.36. The summed E-state index contributed by atoms with van der Waals surface area (Å²) in [7, 11) is 2.77. The summed E-state index contributed by atoms with van der Waals surface area (Å²) < 4.78 is 23.7. The van der Waals surface area contributed by atoms with Gasteiger partial charge in [-0.2, -0.15) is 0 Å². The van der Waals surface area contributed by atoms with Crippen molar-refractivity contribution in [2.24, 2.45) is 11.8 Å².